The van der Waals surface area contributed by atoms with E-state index in [4.69, 9.17) is 9.57 Å². The zero-order chi connectivity index (χ0) is 34.6. The van der Waals surface area contributed by atoms with Crippen LogP contribution in [0, 0.1) is 17.6 Å². The van der Waals surface area contributed by atoms with Crippen LogP contribution < -0.4 is 20.0 Å². The Morgan fingerprint density at radius 1 is 1.02 bits per heavy atom. The molecule has 10 nitrogen and oxygen atoms in total. The summed E-state index contributed by atoms with van der Waals surface area (Å²) >= 11 is 0. The average molecular weight is 688 g/mol. The van der Waals surface area contributed by atoms with E-state index in [2.05, 4.69) is 42.6 Å². The number of piperidine rings is 1. The summed E-state index contributed by atoms with van der Waals surface area (Å²) in [6.45, 7) is 11.8. The molecule has 1 atom stereocenters. The molecule has 1 aliphatic carbocycles. The fraction of sp³-hybridized carbons (Fsp3) is 0.500. The summed E-state index contributed by atoms with van der Waals surface area (Å²) in [6.07, 6.45) is 9.17. The molecule has 4 fully saturated rings. The second kappa shape index (κ2) is 15.4. The Kier molecular flexibility index (Phi) is 10.6. The van der Waals surface area contributed by atoms with Gasteiger partial charge in [-0.25, -0.2) is 23.8 Å². The highest BCUT2D eigenvalue weighted by atomic mass is 19.1. The number of hydroxylamine groups is 1. The van der Waals surface area contributed by atoms with Crippen LogP contribution in [0.1, 0.15) is 55.7 Å². The highest BCUT2D eigenvalue weighted by Crippen LogP contribution is 2.39. The molecule has 3 aliphatic heterocycles. The van der Waals surface area contributed by atoms with Crippen molar-refractivity contribution in [3.8, 4) is 5.75 Å². The maximum Gasteiger partial charge on any atom is 0.158 e. The van der Waals surface area contributed by atoms with Crippen LogP contribution in [-0.4, -0.2) is 91.1 Å². The minimum absolute atomic E-state index is 0.00356. The van der Waals surface area contributed by atoms with Crippen molar-refractivity contribution in [1.29, 1.82) is 0 Å². The molecule has 3 saturated heterocycles. The summed E-state index contributed by atoms with van der Waals surface area (Å²) in [5, 5.41) is 4.89. The second-order valence-corrected chi connectivity index (χ2v) is 13.9. The van der Waals surface area contributed by atoms with Gasteiger partial charge in [-0.1, -0.05) is 6.58 Å². The third-order valence-electron chi connectivity index (χ3n) is 10.6. The molecule has 0 unspecified atom stereocenters. The summed E-state index contributed by atoms with van der Waals surface area (Å²) in [5.74, 6) is 1.45. The van der Waals surface area contributed by atoms with Gasteiger partial charge in [-0.15, -0.1) is 0 Å². The van der Waals surface area contributed by atoms with E-state index in [1.165, 1.54) is 56.0 Å². The van der Waals surface area contributed by atoms with Gasteiger partial charge in [0.2, 0.25) is 0 Å². The van der Waals surface area contributed by atoms with Gasteiger partial charge >= 0.3 is 0 Å². The summed E-state index contributed by atoms with van der Waals surface area (Å²) in [5.41, 5.74) is 3.01. The molecular formula is C38H47F2N7O3. The number of allylic oxidation sites excluding steroid dienone is 1. The van der Waals surface area contributed by atoms with Crippen LogP contribution in [0.25, 0.3) is 0 Å². The zero-order valence-corrected chi connectivity index (χ0v) is 28.8. The number of ketones is 1. The molecule has 3 aromatic rings. The predicted octanol–water partition coefficient (Wildman–Crippen LogP) is 6.07. The van der Waals surface area contributed by atoms with Crippen molar-refractivity contribution in [2.75, 3.05) is 74.8 Å². The third-order valence-corrected chi connectivity index (χ3v) is 10.6. The Balaban J connectivity index is 1.07. The van der Waals surface area contributed by atoms with Crippen molar-refractivity contribution in [3.05, 3.63) is 78.1 Å². The lowest BCUT2D eigenvalue weighted by Crippen LogP contribution is -2.53. The molecule has 266 valence electrons. The number of carbonyl (C=O) groups is 1. The van der Waals surface area contributed by atoms with Gasteiger partial charge in [0.15, 0.2) is 11.6 Å². The Morgan fingerprint density at radius 2 is 1.82 bits per heavy atom. The number of piperazine rings is 1. The number of aryl methyl sites for hydroxylation is 1. The number of hydrogen-bond acceptors (Lipinski definition) is 10. The molecule has 0 bridgehead atoms. The van der Waals surface area contributed by atoms with E-state index in [1.54, 1.807) is 13.2 Å². The predicted molar refractivity (Wildman–Crippen MR) is 190 cm³/mol. The number of hydrogen-bond donors (Lipinski definition) is 1. The molecule has 1 N–H and O–H groups in total. The quantitative estimate of drug-likeness (QED) is 0.214. The van der Waals surface area contributed by atoms with Crippen LogP contribution in [0.5, 0.6) is 5.75 Å². The first-order chi connectivity index (χ1) is 24.4. The number of aromatic nitrogens is 2. The first-order valence-electron chi connectivity index (χ1n) is 17.9. The lowest BCUT2D eigenvalue weighted by Gasteiger charge is -2.43. The van der Waals surface area contributed by atoms with E-state index in [0.29, 0.717) is 55.0 Å². The van der Waals surface area contributed by atoms with Crippen LogP contribution in [0.4, 0.5) is 31.8 Å². The highest BCUT2D eigenvalue weighted by molar-refractivity contribution is 5.89. The molecule has 4 heterocycles. The Morgan fingerprint density at radius 3 is 2.56 bits per heavy atom. The number of methoxy groups -OCH3 is 1. The van der Waals surface area contributed by atoms with Gasteiger partial charge in [0.25, 0.3) is 0 Å². The number of halogens is 2. The van der Waals surface area contributed by atoms with E-state index < -0.39 is 17.7 Å². The monoisotopic (exact) mass is 687 g/mol. The van der Waals surface area contributed by atoms with E-state index in [1.807, 2.05) is 6.07 Å². The fourth-order valence-electron chi connectivity index (χ4n) is 7.60. The fourth-order valence-corrected chi connectivity index (χ4v) is 7.60. The first-order valence-corrected chi connectivity index (χ1v) is 17.9. The Labute approximate surface area is 293 Å². The molecule has 7 rings (SSSR count). The van der Waals surface area contributed by atoms with Crippen LogP contribution in [0.2, 0.25) is 0 Å². The van der Waals surface area contributed by atoms with E-state index in [0.717, 1.165) is 68.3 Å². The summed E-state index contributed by atoms with van der Waals surface area (Å²) < 4.78 is 34.7. The highest BCUT2D eigenvalue weighted by Gasteiger charge is 2.33. The molecule has 1 saturated carbocycles. The van der Waals surface area contributed by atoms with Crippen LogP contribution in [0.3, 0.4) is 0 Å². The topological polar surface area (TPSA) is 86.3 Å². The molecule has 0 spiro atoms. The van der Waals surface area contributed by atoms with E-state index in [9.17, 15) is 13.6 Å². The van der Waals surface area contributed by atoms with Crippen molar-refractivity contribution < 1.29 is 23.1 Å². The normalized spacial score (nSPS) is 20.7. The van der Waals surface area contributed by atoms with Crippen molar-refractivity contribution in [2.24, 2.45) is 5.92 Å². The molecule has 50 heavy (non-hydrogen) atoms. The molecule has 2 aromatic carbocycles. The molecular weight excluding hydrogens is 640 g/mol. The van der Waals surface area contributed by atoms with Crippen molar-refractivity contribution in [2.45, 2.75) is 57.0 Å². The zero-order valence-electron chi connectivity index (χ0n) is 28.8. The van der Waals surface area contributed by atoms with Gasteiger partial charge in [0.1, 0.15) is 29.5 Å². The lowest BCUT2D eigenvalue weighted by molar-refractivity contribution is -0.114. The largest absolute Gasteiger partial charge is 0.494 e. The van der Waals surface area contributed by atoms with Gasteiger partial charge in [-0.05, 0) is 73.9 Å². The van der Waals surface area contributed by atoms with Crippen molar-refractivity contribution >= 4 is 28.8 Å². The van der Waals surface area contributed by atoms with Crippen LogP contribution in [-0.2, 0) is 16.1 Å². The maximum absolute atomic E-state index is 14.7. The van der Waals surface area contributed by atoms with Crippen LogP contribution in [0.15, 0.2) is 55.4 Å². The van der Waals surface area contributed by atoms with E-state index in [-0.39, 0.29) is 11.3 Å². The van der Waals surface area contributed by atoms with Crippen LogP contribution >= 0.6 is 0 Å². The van der Waals surface area contributed by atoms with E-state index >= 15 is 0 Å². The average Bonchev–Trinajstić information content (AvgIpc) is 3.83. The van der Waals surface area contributed by atoms with Crippen molar-refractivity contribution in [1.82, 2.24) is 19.8 Å². The van der Waals surface area contributed by atoms with Gasteiger partial charge < -0.3 is 19.9 Å². The molecule has 12 heteroatoms. The van der Waals surface area contributed by atoms with Gasteiger partial charge in [-0.2, -0.15) is 0 Å². The van der Waals surface area contributed by atoms with Crippen molar-refractivity contribution in [3.63, 3.8) is 0 Å². The number of rotatable bonds is 13. The standard InChI is InChI=1S/C38H47F2N7O3/c1-3-30(48)8-6-27-20-33(43-37-23-38(42-25-41-37)47-34(12-19-50-47)31-21-28(39)7-9-32(31)40)36(49-2)22-35(27)46-13-10-29(11-14-46)45-17-15-44(16-18-45)24-26-4-5-26/h3,7,9,20-23,25-26,29,34H,1,4-6,8,10-19,24H2,2H3,(H,41,42,43)/t34-/m1/s1. The number of anilines is 4. The molecule has 0 radical (unpaired) electrons. The maximum atomic E-state index is 14.7. The number of benzene rings is 2. The number of ether oxygens (including phenoxy) is 1. The molecule has 1 aromatic heterocycles. The minimum Gasteiger partial charge on any atom is -0.494 e. The number of nitrogens with zero attached hydrogens (tertiary/aromatic N) is 6. The molecule has 0 amide bonds. The summed E-state index contributed by atoms with van der Waals surface area (Å²) in [4.78, 5) is 34.8. The third kappa shape index (κ3) is 7.92. The SMILES string of the molecule is C=CC(=O)CCc1cc(Nc2cc(N3OCC[C@@H]3c3cc(F)ccc3F)ncn2)c(OC)cc1N1CCC(N2CCN(CC3CC3)CC2)CC1. The summed E-state index contributed by atoms with van der Waals surface area (Å²) in [6, 6.07) is 9.28. The van der Waals surface area contributed by atoms with Gasteiger partial charge in [0, 0.05) is 88.1 Å². The minimum atomic E-state index is -0.544. The molecule has 4 aliphatic rings. The van der Waals surface area contributed by atoms with Gasteiger partial charge in [0.05, 0.1) is 25.4 Å². The Bertz CT molecular complexity index is 1670. The number of nitrogens with one attached hydrogen (secondary N) is 1. The second-order valence-electron chi connectivity index (χ2n) is 13.9. The van der Waals surface area contributed by atoms with Gasteiger partial charge in [-0.3, -0.25) is 14.5 Å². The smallest absolute Gasteiger partial charge is 0.158 e. The lowest BCUT2D eigenvalue weighted by atomic mass is 9.98. The number of carbonyl (C=O) groups excluding carboxylic acids is 1. The summed E-state index contributed by atoms with van der Waals surface area (Å²) in [7, 11) is 1.64. The Hall–Kier alpha value is -4.13. The first kappa shape index (κ1) is 34.3.